The van der Waals surface area contributed by atoms with Gasteiger partial charge in [-0.2, -0.15) is 5.26 Å². The molecule has 0 saturated carbocycles. The summed E-state index contributed by atoms with van der Waals surface area (Å²) in [6.07, 6.45) is 1.43. The molecule has 0 saturated heterocycles. The van der Waals surface area contributed by atoms with Crippen molar-refractivity contribution in [2.24, 2.45) is 0 Å². The molecule has 1 aliphatic rings. The Bertz CT molecular complexity index is 1310. The number of allylic oxidation sites excluding steroid dienone is 1. The van der Waals surface area contributed by atoms with E-state index in [0.717, 1.165) is 22.6 Å². The van der Waals surface area contributed by atoms with Gasteiger partial charge in [-0.15, -0.1) is 0 Å². The Balaban J connectivity index is 1.78. The molecule has 7 heteroatoms. The third-order valence-corrected chi connectivity index (χ3v) is 6.78. The van der Waals surface area contributed by atoms with E-state index in [1.165, 1.54) is 18.2 Å². The topological polar surface area (TPSA) is 81.3 Å². The minimum absolute atomic E-state index is 0.102. The third kappa shape index (κ3) is 3.36. The second-order valence-electron chi connectivity index (χ2n) is 7.14. The van der Waals surface area contributed by atoms with E-state index < -0.39 is 9.84 Å². The molecule has 1 aromatic heterocycles. The number of ether oxygens (including phenoxy) is 2. The summed E-state index contributed by atoms with van der Waals surface area (Å²) in [4.78, 5) is -0.192. The number of benzene rings is 2. The van der Waals surface area contributed by atoms with Crippen molar-refractivity contribution < 1.29 is 17.9 Å². The van der Waals surface area contributed by atoms with Gasteiger partial charge in [-0.05, 0) is 62.7 Å². The number of aryl methyl sites for hydroxylation is 2. The molecule has 0 spiro atoms. The van der Waals surface area contributed by atoms with Crippen LogP contribution in [0.25, 0.3) is 11.8 Å². The Labute approximate surface area is 175 Å². The number of rotatable bonds is 4. The summed E-state index contributed by atoms with van der Waals surface area (Å²) in [5.74, 6) is 1.36. The van der Waals surface area contributed by atoms with Crippen molar-refractivity contribution in [3.8, 4) is 23.3 Å². The lowest BCUT2D eigenvalue weighted by molar-refractivity contribution is 0.174. The number of aromatic nitrogens is 1. The van der Waals surface area contributed by atoms with Gasteiger partial charge in [0.25, 0.3) is 0 Å². The Morgan fingerprint density at radius 1 is 1.03 bits per heavy atom. The van der Waals surface area contributed by atoms with Gasteiger partial charge < -0.3 is 14.0 Å². The quantitative estimate of drug-likeness (QED) is 0.582. The van der Waals surface area contributed by atoms with E-state index in [9.17, 15) is 13.7 Å². The smallest absolute Gasteiger partial charge is 0.231 e. The van der Waals surface area contributed by atoms with Crippen molar-refractivity contribution in [3.63, 3.8) is 0 Å². The van der Waals surface area contributed by atoms with Crippen molar-refractivity contribution in [2.75, 3.05) is 6.79 Å². The molecule has 0 amide bonds. The van der Waals surface area contributed by atoms with Crippen molar-refractivity contribution >= 4 is 15.9 Å². The zero-order valence-electron chi connectivity index (χ0n) is 16.8. The highest BCUT2D eigenvalue weighted by Gasteiger charge is 2.22. The number of fused-ring (bicyclic) bond motifs is 1. The van der Waals surface area contributed by atoms with Gasteiger partial charge in [-0.25, -0.2) is 8.42 Å². The maximum absolute atomic E-state index is 13.0. The molecule has 0 aliphatic carbocycles. The molecular weight excluding hydrogens is 400 g/mol. The average Bonchev–Trinajstić information content (AvgIpc) is 3.29. The van der Waals surface area contributed by atoms with Gasteiger partial charge in [0.05, 0.1) is 4.90 Å². The summed E-state index contributed by atoms with van der Waals surface area (Å²) in [6, 6.07) is 15.8. The van der Waals surface area contributed by atoms with E-state index in [-0.39, 0.29) is 16.6 Å². The lowest BCUT2D eigenvalue weighted by Gasteiger charge is -2.10. The fourth-order valence-electron chi connectivity index (χ4n) is 3.51. The van der Waals surface area contributed by atoms with Gasteiger partial charge >= 0.3 is 0 Å². The minimum atomic E-state index is -3.90. The molecule has 0 radical (unpaired) electrons. The van der Waals surface area contributed by atoms with Crippen LogP contribution in [0, 0.1) is 32.1 Å². The van der Waals surface area contributed by atoms with Crippen LogP contribution in [0.1, 0.15) is 22.5 Å². The normalized spacial score (nSPS) is 13.3. The molecule has 152 valence electrons. The number of nitriles is 1. The summed E-state index contributed by atoms with van der Waals surface area (Å²) < 4.78 is 38.7. The second-order valence-corrected chi connectivity index (χ2v) is 9.05. The molecule has 3 aromatic rings. The summed E-state index contributed by atoms with van der Waals surface area (Å²) in [7, 11) is -3.90. The third-order valence-electron chi connectivity index (χ3n) is 5.10. The summed E-state index contributed by atoms with van der Waals surface area (Å²) in [5.41, 5.74) is 4.20. The Morgan fingerprint density at radius 2 is 1.73 bits per heavy atom. The van der Waals surface area contributed by atoms with E-state index in [4.69, 9.17) is 9.47 Å². The predicted molar refractivity (Wildman–Crippen MR) is 113 cm³/mol. The van der Waals surface area contributed by atoms with Crippen molar-refractivity contribution in [1.29, 1.82) is 5.26 Å². The maximum atomic E-state index is 13.0. The molecule has 2 heterocycles. The Hall–Kier alpha value is -3.50. The number of hydrogen-bond acceptors (Lipinski definition) is 5. The minimum Gasteiger partial charge on any atom is -0.454 e. The number of nitrogens with zero attached hydrogens (tertiary/aromatic N) is 2. The first-order valence-corrected chi connectivity index (χ1v) is 10.8. The van der Waals surface area contributed by atoms with E-state index in [0.29, 0.717) is 17.1 Å². The first-order chi connectivity index (χ1) is 14.3. The summed E-state index contributed by atoms with van der Waals surface area (Å²) >= 11 is 0. The van der Waals surface area contributed by atoms with Crippen LogP contribution in [0.2, 0.25) is 0 Å². The van der Waals surface area contributed by atoms with Crippen LogP contribution < -0.4 is 9.47 Å². The lowest BCUT2D eigenvalue weighted by atomic mass is 10.2. The molecule has 1 aliphatic heterocycles. The highest BCUT2D eigenvalue weighted by molar-refractivity contribution is 7.95. The molecule has 0 bridgehead atoms. The highest BCUT2D eigenvalue weighted by Crippen LogP contribution is 2.35. The van der Waals surface area contributed by atoms with Crippen LogP contribution in [0.4, 0.5) is 0 Å². The van der Waals surface area contributed by atoms with E-state index in [2.05, 4.69) is 0 Å². The van der Waals surface area contributed by atoms with Gasteiger partial charge in [-0.1, -0.05) is 17.7 Å². The van der Waals surface area contributed by atoms with E-state index >= 15 is 0 Å². The molecule has 2 aromatic carbocycles. The van der Waals surface area contributed by atoms with Crippen molar-refractivity contribution in [1.82, 2.24) is 4.57 Å². The first-order valence-electron chi connectivity index (χ1n) is 9.34. The monoisotopic (exact) mass is 420 g/mol. The lowest BCUT2D eigenvalue weighted by Crippen LogP contribution is -2.04. The first kappa shape index (κ1) is 19.8. The van der Waals surface area contributed by atoms with Gasteiger partial charge in [0.1, 0.15) is 11.0 Å². The molecular formula is C23H20N2O4S. The zero-order valence-corrected chi connectivity index (χ0v) is 17.7. The molecule has 6 nitrogen and oxygen atoms in total. The van der Waals surface area contributed by atoms with Crippen LogP contribution in [0.5, 0.6) is 11.5 Å². The van der Waals surface area contributed by atoms with E-state index in [1.807, 2.05) is 55.7 Å². The molecule has 30 heavy (non-hydrogen) atoms. The van der Waals surface area contributed by atoms with Gasteiger partial charge in [0.2, 0.25) is 16.6 Å². The van der Waals surface area contributed by atoms with Crippen LogP contribution >= 0.6 is 0 Å². The fraction of sp³-hybridized carbons (Fsp3) is 0.174. The second kappa shape index (κ2) is 7.39. The van der Waals surface area contributed by atoms with Gasteiger partial charge in [-0.3, -0.25) is 0 Å². The van der Waals surface area contributed by atoms with Crippen LogP contribution in [0.3, 0.4) is 0 Å². The molecule has 0 atom stereocenters. The molecule has 0 N–H and O–H groups in total. The van der Waals surface area contributed by atoms with Crippen molar-refractivity contribution in [3.05, 3.63) is 76.0 Å². The standard InChI is InChI=1S/C23H20N2O4S/c1-15-4-7-20(8-5-15)30(26,27)21(13-24)11-18-10-16(2)25(17(18)3)19-6-9-22-23(12-19)29-14-28-22/h4-12H,14H2,1-3H3. The predicted octanol–water partition coefficient (Wildman–Crippen LogP) is 4.47. The Morgan fingerprint density at radius 3 is 2.43 bits per heavy atom. The molecule has 4 rings (SSSR count). The Kier molecular flexibility index (Phi) is 4.88. The van der Waals surface area contributed by atoms with E-state index in [1.54, 1.807) is 12.1 Å². The molecule has 0 unspecified atom stereocenters. The molecule has 0 fully saturated rings. The van der Waals surface area contributed by atoms with Gasteiger partial charge in [0.15, 0.2) is 11.5 Å². The number of hydrogen-bond donors (Lipinski definition) is 0. The zero-order chi connectivity index (χ0) is 21.5. The van der Waals surface area contributed by atoms with Crippen LogP contribution in [-0.4, -0.2) is 19.8 Å². The SMILES string of the molecule is Cc1ccc(S(=O)(=O)C(C#N)=Cc2cc(C)n(-c3ccc4c(c3)OCO4)c2C)cc1. The summed E-state index contributed by atoms with van der Waals surface area (Å²) in [5, 5.41) is 9.59. The highest BCUT2D eigenvalue weighted by atomic mass is 32.2. The maximum Gasteiger partial charge on any atom is 0.231 e. The fourth-order valence-corrected chi connectivity index (χ4v) is 4.66. The van der Waals surface area contributed by atoms with Gasteiger partial charge in [0, 0.05) is 23.1 Å². The van der Waals surface area contributed by atoms with Crippen LogP contribution in [0.15, 0.2) is 58.3 Å². The number of sulfone groups is 1. The van der Waals surface area contributed by atoms with Crippen LogP contribution in [-0.2, 0) is 9.84 Å². The van der Waals surface area contributed by atoms with Crippen molar-refractivity contribution in [2.45, 2.75) is 25.7 Å². The largest absolute Gasteiger partial charge is 0.454 e. The summed E-state index contributed by atoms with van der Waals surface area (Å²) in [6.45, 7) is 5.88. The average molecular weight is 420 g/mol.